The van der Waals surface area contributed by atoms with Crippen molar-refractivity contribution in [3.05, 3.63) is 28.7 Å². The van der Waals surface area contributed by atoms with Crippen LogP contribution in [0.3, 0.4) is 0 Å². The molecule has 1 heterocycles. The number of hydrogen-bond donors (Lipinski definition) is 1. The molecular formula is C11H14BrNO2S. The van der Waals surface area contributed by atoms with E-state index < -0.39 is 9.73 Å². The summed E-state index contributed by atoms with van der Waals surface area (Å²) in [6, 6.07) is 7.70. The minimum absolute atomic E-state index is 0.112. The molecule has 2 rings (SSSR count). The summed E-state index contributed by atoms with van der Waals surface area (Å²) >= 11 is 3.37. The van der Waals surface area contributed by atoms with E-state index >= 15 is 0 Å². The lowest BCUT2D eigenvalue weighted by Gasteiger charge is -2.24. The summed E-state index contributed by atoms with van der Waals surface area (Å²) in [6.45, 7) is 0. The molecule has 3 nitrogen and oxygen atoms in total. The van der Waals surface area contributed by atoms with E-state index in [-0.39, 0.29) is 6.10 Å². The summed E-state index contributed by atoms with van der Waals surface area (Å²) in [5.41, 5.74) is 0. The van der Waals surface area contributed by atoms with Gasteiger partial charge in [-0.25, -0.2) is 4.21 Å². The van der Waals surface area contributed by atoms with Gasteiger partial charge in [0.2, 0.25) is 0 Å². The first-order valence-electron chi connectivity index (χ1n) is 5.21. The summed E-state index contributed by atoms with van der Waals surface area (Å²) in [4.78, 5) is 0. The summed E-state index contributed by atoms with van der Waals surface area (Å²) < 4.78 is 25.7. The van der Waals surface area contributed by atoms with Gasteiger partial charge in [0.25, 0.3) is 0 Å². The highest BCUT2D eigenvalue weighted by molar-refractivity contribution is 9.10. The molecule has 0 spiro atoms. The highest BCUT2D eigenvalue weighted by Crippen LogP contribution is 2.22. The number of halogens is 1. The number of ether oxygens (including phenoxy) is 1. The number of hydrogen-bond acceptors (Lipinski definition) is 3. The lowest BCUT2D eigenvalue weighted by Crippen LogP contribution is -2.30. The fourth-order valence-corrected chi connectivity index (χ4v) is 3.47. The van der Waals surface area contributed by atoms with Crippen molar-refractivity contribution >= 4 is 25.7 Å². The molecule has 16 heavy (non-hydrogen) atoms. The van der Waals surface area contributed by atoms with Gasteiger partial charge in [0.05, 0.1) is 0 Å². The maximum atomic E-state index is 11.5. The summed E-state index contributed by atoms with van der Waals surface area (Å²) in [5, 5.41) is 0. The van der Waals surface area contributed by atoms with E-state index in [0.717, 1.165) is 23.1 Å². The molecule has 0 unspecified atom stereocenters. The fraction of sp³-hybridized carbons (Fsp3) is 0.455. The van der Waals surface area contributed by atoms with Crippen LogP contribution in [0.15, 0.2) is 28.7 Å². The van der Waals surface area contributed by atoms with Crippen molar-refractivity contribution < 1.29 is 8.95 Å². The molecule has 5 heteroatoms. The van der Waals surface area contributed by atoms with Crippen LogP contribution >= 0.6 is 15.9 Å². The minimum atomic E-state index is -2.30. The molecule has 88 valence electrons. The van der Waals surface area contributed by atoms with E-state index in [1.807, 2.05) is 24.3 Å². The van der Waals surface area contributed by atoms with Crippen molar-refractivity contribution in [2.75, 3.05) is 11.5 Å². The average Bonchev–Trinajstić information content (AvgIpc) is 2.24. The number of benzene rings is 1. The van der Waals surface area contributed by atoms with Crippen LogP contribution in [-0.4, -0.2) is 21.8 Å². The van der Waals surface area contributed by atoms with Crippen LogP contribution < -0.4 is 4.74 Å². The molecule has 1 aliphatic rings. The third kappa shape index (κ3) is 3.22. The van der Waals surface area contributed by atoms with Crippen LogP contribution in [0.25, 0.3) is 0 Å². The Morgan fingerprint density at radius 3 is 2.38 bits per heavy atom. The van der Waals surface area contributed by atoms with Gasteiger partial charge in [0.15, 0.2) is 0 Å². The Bertz CT molecular complexity index is 441. The maximum Gasteiger partial charge on any atom is 0.119 e. The molecule has 1 aliphatic heterocycles. The first kappa shape index (κ1) is 11.9. The predicted molar refractivity (Wildman–Crippen MR) is 68.4 cm³/mol. The predicted octanol–water partition coefficient (Wildman–Crippen LogP) is 3.04. The van der Waals surface area contributed by atoms with Gasteiger partial charge in [-0.05, 0) is 37.1 Å². The Morgan fingerprint density at radius 1 is 1.25 bits per heavy atom. The van der Waals surface area contributed by atoms with Crippen LogP contribution in [0.2, 0.25) is 0 Å². The van der Waals surface area contributed by atoms with Crippen molar-refractivity contribution in [1.82, 2.24) is 0 Å². The van der Waals surface area contributed by atoms with Gasteiger partial charge < -0.3 is 4.74 Å². The van der Waals surface area contributed by atoms with Gasteiger partial charge in [-0.15, -0.1) is 0 Å². The maximum absolute atomic E-state index is 11.5. The van der Waals surface area contributed by atoms with Crippen molar-refractivity contribution in [3.63, 3.8) is 0 Å². The molecule has 1 aromatic carbocycles. The topological polar surface area (TPSA) is 50.2 Å². The van der Waals surface area contributed by atoms with E-state index in [9.17, 15) is 4.21 Å². The van der Waals surface area contributed by atoms with Crippen LogP contribution in [0.5, 0.6) is 5.75 Å². The zero-order valence-corrected chi connectivity index (χ0v) is 11.2. The third-order valence-electron chi connectivity index (χ3n) is 2.66. The second-order valence-corrected chi connectivity index (χ2v) is 7.35. The molecular weight excluding hydrogens is 290 g/mol. The van der Waals surface area contributed by atoms with Gasteiger partial charge >= 0.3 is 0 Å². The van der Waals surface area contributed by atoms with E-state index in [4.69, 9.17) is 9.52 Å². The van der Waals surface area contributed by atoms with Gasteiger partial charge in [-0.2, -0.15) is 0 Å². The molecule has 1 saturated heterocycles. The van der Waals surface area contributed by atoms with Crippen molar-refractivity contribution in [2.24, 2.45) is 0 Å². The molecule has 1 N–H and O–H groups in total. The standard InChI is InChI=1S/C11H14BrNO2S/c12-9-1-3-10(4-2-9)15-11-5-7-16(13,14)8-6-11/h1-4,11,13H,5-8H2. The van der Waals surface area contributed by atoms with Gasteiger partial charge in [0, 0.05) is 25.7 Å². The molecule has 0 bridgehead atoms. The quantitative estimate of drug-likeness (QED) is 0.913. The Kier molecular flexibility index (Phi) is 3.54. The molecule has 0 atom stereocenters. The second kappa shape index (κ2) is 4.75. The monoisotopic (exact) mass is 303 g/mol. The first-order valence-corrected chi connectivity index (χ1v) is 7.90. The summed E-state index contributed by atoms with van der Waals surface area (Å²) in [5.74, 6) is 1.77. The highest BCUT2D eigenvalue weighted by Gasteiger charge is 2.22. The normalized spacial score (nSPS) is 29.9. The molecule has 1 fully saturated rings. The lowest BCUT2D eigenvalue weighted by atomic mass is 10.2. The summed E-state index contributed by atoms with van der Waals surface area (Å²) in [6.07, 6.45) is 1.55. The Labute approximate surface area is 104 Å². The van der Waals surface area contributed by atoms with Crippen LogP contribution in [0.1, 0.15) is 12.8 Å². The van der Waals surface area contributed by atoms with Crippen molar-refractivity contribution in [3.8, 4) is 5.75 Å². The van der Waals surface area contributed by atoms with Crippen LogP contribution in [-0.2, 0) is 9.73 Å². The average molecular weight is 304 g/mol. The van der Waals surface area contributed by atoms with Crippen LogP contribution in [0.4, 0.5) is 0 Å². The Balaban J connectivity index is 1.94. The van der Waals surface area contributed by atoms with Gasteiger partial charge in [-0.3, -0.25) is 4.78 Å². The largest absolute Gasteiger partial charge is 0.490 e. The number of rotatable bonds is 2. The number of nitrogens with one attached hydrogen (secondary N) is 1. The van der Waals surface area contributed by atoms with Gasteiger partial charge in [-0.1, -0.05) is 15.9 Å². The van der Waals surface area contributed by atoms with E-state index in [2.05, 4.69) is 15.9 Å². The Morgan fingerprint density at radius 2 is 1.81 bits per heavy atom. The fourth-order valence-electron chi connectivity index (χ4n) is 1.71. The lowest BCUT2D eigenvalue weighted by molar-refractivity contribution is 0.190. The second-order valence-electron chi connectivity index (χ2n) is 3.99. The first-order chi connectivity index (χ1) is 7.55. The molecule has 1 aromatic rings. The SMILES string of the molecule is N=S1(=O)CCC(Oc2ccc(Br)cc2)CC1. The van der Waals surface area contributed by atoms with E-state index in [0.29, 0.717) is 11.5 Å². The summed E-state index contributed by atoms with van der Waals surface area (Å²) in [7, 11) is -2.30. The third-order valence-corrected chi connectivity index (χ3v) is 4.97. The Hall–Kier alpha value is -0.550. The zero-order valence-electron chi connectivity index (χ0n) is 8.82. The van der Waals surface area contributed by atoms with Crippen molar-refractivity contribution in [2.45, 2.75) is 18.9 Å². The molecule has 0 aromatic heterocycles. The molecule has 0 radical (unpaired) electrons. The van der Waals surface area contributed by atoms with Gasteiger partial charge in [0.1, 0.15) is 11.9 Å². The zero-order chi connectivity index (χ0) is 11.6. The van der Waals surface area contributed by atoms with E-state index in [1.165, 1.54) is 0 Å². The minimum Gasteiger partial charge on any atom is -0.490 e. The highest BCUT2D eigenvalue weighted by atomic mass is 79.9. The molecule has 0 aliphatic carbocycles. The molecule has 0 amide bonds. The van der Waals surface area contributed by atoms with Crippen molar-refractivity contribution in [1.29, 1.82) is 4.78 Å². The smallest absolute Gasteiger partial charge is 0.119 e. The molecule has 0 saturated carbocycles. The van der Waals surface area contributed by atoms with Crippen LogP contribution in [0, 0.1) is 4.78 Å². The van der Waals surface area contributed by atoms with E-state index in [1.54, 1.807) is 0 Å².